The number of hydrogen-bond donors (Lipinski definition) is 1. The van der Waals surface area contributed by atoms with E-state index in [0.29, 0.717) is 17.5 Å². The number of rotatable bonds is 4. The molecular formula is C19H24N4O2. The summed E-state index contributed by atoms with van der Waals surface area (Å²) in [6.07, 6.45) is 5.23. The lowest BCUT2D eigenvalue weighted by Gasteiger charge is -2.34. The minimum absolute atomic E-state index is 0.166. The normalized spacial score (nSPS) is 18.5. The van der Waals surface area contributed by atoms with E-state index in [0.717, 1.165) is 43.1 Å². The Morgan fingerprint density at radius 1 is 1.28 bits per heavy atom. The summed E-state index contributed by atoms with van der Waals surface area (Å²) < 4.78 is 0. The third-order valence-corrected chi connectivity index (χ3v) is 4.70. The topological polar surface area (TPSA) is 79.2 Å². The fraction of sp³-hybridized carbons (Fsp3) is 0.474. The van der Waals surface area contributed by atoms with E-state index in [1.807, 2.05) is 13.0 Å². The molecule has 1 atom stereocenters. The zero-order valence-corrected chi connectivity index (χ0v) is 14.9. The number of likely N-dealkylation sites (tertiary alicyclic amines) is 1. The molecule has 1 N–H and O–H groups in total. The summed E-state index contributed by atoms with van der Waals surface area (Å²) in [4.78, 5) is 27.1. The first-order chi connectivity index (χ1) is 11.9. The van der Waals surface area contributed by atoms with Crippen molar-refractivity contribution in [3.05, 3.63) is 41.6 Å². The summed E-state index contributed by atoms with van der Waals surface area (Å²) in [5, 5.41) is 9.17. The largest absolute Gasteiger partial charge is 0.478 e. The molecule has 1 saturated heterocycles. The van der Waals surface area contributed by atoms with Crippen LogP contribution < -0.4 is 0 Å². The second-order valence-electron chi connectivity index (χ2n) is 6.95. The Labute approximate surface area is 148 Å². The summed E-state index contributed by atoms with van der Waals surface area (Å²) in [7, 11) is 0. The fourth-order valence-corrected chi connectivity index (χ4v) is 3.31. The number of aromatic carboxylic acids is 1. The molecule has 0 radical (unpaired) electrons. The average Bonchev–Trinajstić information content (AvgIpc) is 2.61. The van der Waals surface area contributed by atoms with E-state index in [9.17, 15) is 9.90 Å². The first-order valence-electron chi connectivity index (χ1n) is 8.72. The van der Waals surface area contributed by atoms with Gasteiger partial charge in [0.25, 0.3) is 0 Å². The highest BCUT2D eigenvalue weighted by Gasteiger charge is 2.25. The monoisotopic (exact) mass is 340 g/mol. The molecule has 6 heteroatoms. The van der Waals surface area contributed by atoms with Gasteiger partial charge in [-0.1, -0.05) is 0 Å². The van der Waals surface area contributed by atoms with Gasteiger partial charge < -0.3 is 10.0 Å². The molecule has 6 nitrogen and oxygen atoms in total. The van der Waals surface area contributed by atoms with Gasteiger partial charge in [-0.3, -0.25) is 4.98 Å². The SMILES string of the molecule is Cc1cc(-c2cncc(C(=O)O)c2)nc([C@@H]2CCCN(C(C)C)C2)n1. The molecule has 25 heavy (non-hydrogen) atoms. The Morgan fingerprint density at radius 2 is 2.08 bits per heavy atom. The molecule has 1 aliphatic heterocycles. The molecule has 3 rings (SSSR count). The second kappa shape index (κ2) is 7.27. The number of nitrogens with zero attached hydrogens (tertiary/aromatic N) is 4. The molecule has 1 aliphatic rings. The van der Waals surface area contributed by atoms with Gasteiger partial charge in [-0.2, -0.15) is 0 Å². The van der Waals surface area contributed by atoms with E-state index >= 15 is 0 Å². The van der Waals surface area contributed by atoms with Crippen molar-refractivity contribution < 1.29 is 9.90 Å². The molecule has 1 fully saturated rings. The summed E-state index contributed by atoms with van der Waals surface area (Å²) in [6, 6.07) is 4.01. The molecule has 0 aliphatic carbocycles. The summed E-state index contributed by atoms with van der Waals surface area (Å²) in [5.74, 6) is 0.173. The molecule has 2 aromatic rings. The summed E-state index contributed by atoms with van der Waals surface area (Å²) in [6.45, 7) is 8.47. The number of aryl methyl sites for hydroxylation is 1. The van der Waals surface area contributed by atoms with E-state index in [4.69, 9.17) is 4.98 Å². The van der Waals surface area contributed by atoms with Crippen molar-refractivity contribution in [2.45, 2.75) is 45.6 Å². The standard InChI is InChI=1S/C19H24N4O2/c1-12(2)23-6-4-5-14(11-23)18-21-13(3)7-17(22-18)15-8-16(19(24)25)10-20-9-15/h7-10,12,14H,4-6,11H2,1-3H3,(H,24,25)/t14-/m1/s1. The van der Waals surface area contributed by atoms with Gasteiger partial charge in [0.15, 0.2) is 0 Å². The smallest absolute Gasteiger partial charge is 0.337 e. The predicted octanol–water partition coefficient (Wildman–Crippen LogP) is 3.13. The highest BCUT2D eigenvalue weighted by atomic mass is 16.4. The van der Waals surface area contributed by atoms with Crippen LogP contribution in [0.15, 0.2) is 24.5 Å². The highest BCUT2D eigenvalue weighted by Crippen LogP contribution is 2.28. The lowest BCUT2D eigenvalue weighted by atomic mass is 9.96. The zero-order chi connectivity index (χ0) is 18.0. The van der Waals surface area contributed by atoms with Crippen molar-refractivity contribution in [1.29, 1.82) is 0 Å². The second-order valence-corrected chi connectivity index (χ2v) is 6.95. The molecule has 0 aromatic carbocycles. The fourth-order valence-electron chi connectivity index (χ4n) is 3.31. The molecule has 3 heterocycles. The minimum Gasteiger partial charge on any atom is -0.478 e. The van der Waals surface area contributed by atoms with Gasteiger partial charge in [0.05, 0.1) is 11.3 Å². The van der Waals surface area contributed by atoms with Gasteiger partial charge in [-0.05, 0) is 52.3 Å². The molecule has 0 amide bonds. The molecule has 0 saturated carbocycles. The van der Waals surface area contributed by atoms with Gasteiger partial charge in [0.2, 0.25) is 0 Å². The van der Waals surface area contributed by atoms with Gasteiger partial charge in [0, 0.05) is 42.2 Å². The number of aromatic nitrogens is 3. The van der Waals surface area contributed by atoms with Crippen molar-refractivity contribution in [1.82, 2.24) is 19.9 Å². The van der Waals surface area contributed by atoms with Crippen molar-refractivity contribution >= 4 is 5.97 Å². The maximum absolute atomic E-state index is 11.2. The molecule has 132 valence electrons. The quantitative estimate of drug-likeness (QED) is 0.921. The zero-order valence-electron chi connectivity index (χ0n) is 14.9. The van der Waals surface area contributed by atoms with Gasteiger partial charge >= 0.3 is 5.97 Å². The number of hydrogen-bond acceptors (Lipinski definition) is 5. The van der Waals surface area contributed by atoms with Crippen molar-refractivity contribution in [3.63, 3.8) is 0 Å². The average molecular weight is 340 g/mol. The van der Waals surface area contributed by atoms with Gasteiger partial charge in [0.1, 0.15) is 5.82 Å². The number of piperidine rings is 1. The van der Waals surface area contributed by atoms with Crippen LogP contribution in [0.2, 0.25) is 0 Å². The predicted molar refractivity (Wildman–Crippen MR) is 95.6 cm³/mol. The maximum atomic E-state index is 11.2. The number of carboxylic acid groups (broad SMARTS) is 1. The maximum Gasteiger partial charge on any atom is 0.337 e. The van der Waals surface area contributed by atoms with E-state index in [1.54, 1.807) is 12.3 Å². The first kappa shape index (κ1) is 17.5. The van der Waals surface area contributed by atoms with Crippen molar-refractivity contribution in [3.8, 4) is 11.3 Å². The van der Waals surface area contributed by atoms with E-state index in [1.165, 1.54) is 6.20 Å². The lowest BCUT2D eigenvalue weighted by molar-refractivity contribution is 0.0696. The van der Waals surface area contributed by atoms with Crippen LogP contribution in [0.1, 0.15) is 54.5 Å². The van der Waals surface area contributed by atoms with E-state index in [2.05, 4.69) is 28.7 Å². The van der Waals surface area contributed by atoms with Crippen LogP contribution in [-0.2, 0) is 0 Å². The molecule has 0 spiro atoms. The van der Waals surface area contributed by atoms with Crippen LogP contribution >= 0.6 is 0 Å². The van der Waals surface area contributed by atoms with Gasteiger partial charge in [-0.25, -0.2) is 14.8 Å². The van der Waals surface area contributed by atoms with Crippen LogP contribution in [0, 0.1) is 6.92 Å². The Kier molecular flexibility index (Phi) is 5.08. The third-order valence-electron chi connectivity index (χ3n) is 4.70. The van der Waals surface area contributed by atoms with Crippen LogP contribution in [0.25, 0.3) is 11.3 Å². The third kappa shape index (κ3) is 4.02. The van der Waals surface area contributed by atoms with Gasteiger partial charge in [-0.15, -0.1) is 0 Å². The number of carbonyl (C=O) groups is 1. The highest BCUT2D eigenvalue weighted by molar-refractivity contribution is 5.88. The molecule has 0 unspecified atom stereocenters. The number of carboxylic acids is 1. The Balaban J connectivity index is 1.93. The Bertz CT molecular complexity index is 776. The summed E-state index contributed by atoms with van der Waals surface area (Å²) >= 11 is 0. The van der Waals surface area contributed by atoms with Crippen molar-refractivity contribution in [2.75, 3.05) is 13.1 Å². The van der Waals surface area contributed by atoms with Crippen molar-refractivity contribution in [2.24, 2.45) is 0 Å². The Hall–Kier alpha value is -2.34. The summed E-state index contributed by atoms with van der Waals surface area (Å²) in [5.41, 5.74) is 2.50. The lowest BCUT2D eigenvalue weighted by Crippen LogP contribution is -2.39. The van der Waals surface area contributed by atoms with Crippen LogP contribution in [0.5, 0.6) is 0 Å². The van der Waals surface area contributed by atoms with Crippen LogP contribution in [0.3, 0.4) is 0 Å². The minimum atomic E-state index is -0.986. The molecule has 0 bridgehead atoms. The van der Waals surface area contributed by atoms with Crippen LogP contribution in [0.4, 0.5) is 0 Å². The van der Waals surface area contributed by atoms with E-state index < -0.39 is 5.97 Å². The number of pyridine rings is 1. The van der Waals surface area contributed by atoms with E-state index in [-0.39, 0.29) is 5.56 Å². The van der Waals surface area contributed by atoms with Crippen LogP contribution in [-0.4, -0.2) is 50.1 Å². The molecule has 2 aromatic heterocycles. The first-order valence-corrected chi connectivity index (χ1v) is 8.72. The Morgan fingerprint density at radius 3 is 2.80 bits per heavy atom. The molecular weight excluding hydrogens is 316 g/mol.